The van der Waals surface area contributed by atoms with E-state index >= 15 is 0 Å². The van der Waals surface area contributed by atoms with Gasteiger partial charge in [-0.15, -0.1) is 0 Å². The summed E-state index contributed by atoms with van der Waals surface area (Å²) in [6.45, 7) is 2.64. The molecule has 5 heteroatoms. The van der Waals surface area contributed by atoms with Gasteiger partial charge in [0, 0.05) is 16.9 Å². The number of thioether (sulfide) groups is 1. The Morgan fingerprint density at radius 3 is 2.50 bits per heavy atom. The Kier molecular flexibility index (Phi) is 8.79. The average Bonchev–Trinajstić information content (AvgIpc) is 2.64. The van der Waals surface area contributed by atoms with E-state index in [2.05, 4.69) is 18.2 Å². The van der Waals surface area contributed by atoms with Gasteiger partial charge in [0.25, 0.3) is 0 Å². The molecule has 2 N–H and O–H groups in total. The predicted octanol–water partition coefficient (Wildman–Crippen LogP) is 4.87. The summed E-state index contributed by atoms with van der Waals surface area (Å²) < 4.78 is 5.49. The van der Waals surface area contributed by atoms with Crippen molar-refractivity contribution in [3.8, 4) is 5.75 Å². The molecule has 0 radical (unpaired) electrons. The van der Waals surface area contributed by atoms with Crippen molar-refractivity contribution in [2.75, 3.05) is 19.5 Å². The zero-order valence-electron chi connectivity index (χ0n) is 15.3. The number of ether oxygens (including phenoxy) is 1. The van der Waals surface area contributed by atoms with E-state index in [0.29, 0.717) is 19.4 Å². The number of halogens is 1. The lowest BCUT2D eigenvalue weighted by molar-refractivity contribution is 0.124. The van der Waals surface area contributed by atoms with Crippen LogP contribution >= 0.6 is 23.4 Å². The Labute approximate surface area is 165 Å². The summed E-state index contributed by atoms with van der Waals surface area (Å²) in [6.07, 6.45) is 3.31. The van der Waals surface area contributed by atoms with Crippen LogP contribution in [-0.4, -0.2) is 35.8 Å². The maximum absolute atomic E-state index is 10.0. The molecule has 26 heavy (non-hydrogen) atoms. The molecule has 142 valence electrons. The molecule has 2 aromatic carbocycles. The van der Waals surface area contributed by atoms with Crippen molar-refractivity contribution in [3.63, 3.8) is 0 Å². The second-order valence-electron chi connectivity index (χ2n) is 6.23. The number of aliphatic hydroxyl groups excluding tert-OH is 2. The maximum atomic E-state index is 10.0. The van der Waals surface area contributed by atoms with Gasteiger partial charge < -0.3 is 14.9 Å². The topological polar surface area (TPSA) is 49.7 Å². The highest BCUT2D eigenvalue weighted by molar-refractivity contribution is 7.98. The Morgan fingerprint density at radius 2 is 1.88 bits per heavy atom. The lowest BCUT2D eigenvalue weighted by atomic mass is 9.99. The highest BCUT2D eigenvalue weighted by Gasteiger charge is 2.17. The lowest BCUT2D eigenvalue weighted by Crippen LogP contribution is -2.12. The van der Waals surface area contributed by atoms with Crippen molar-refractivity contribution >= 4 is 23.4 Å². The summed E-state index contributed by atoms with van der Waals surface area (Å²) >= 11 is 8.12. The first-order valence-corrected chi connectivity index (χ1v) is 10.6. The fraction of sp³-hybridized carbons (Fsp3) is 0.429. The monoisotopic (exact) mass is 394 g/mol. The molecule has 0 aliphatic carbocycles. The van der Waals surface area contributed by atoms with Crippen LogP contribution in [0.3, 0.4) is 0 Å². The molecule has 0 heterocycles. The van der Waals surface area contributed by atoms with Crippen LogP contribution < -0.4 is 4.74 Å². The number of rotatable bonds is 10. The maximum Gasteiger partial charge on any atom is 0.119 e. The first kappa shape index (κ1) is 21.1. The number of aliphatic hydroxyl groups is 2. The van der Waals surface area contributed by atoms with Crippen molar-refractivity contribution in [2.45, 2.75) is 37.5 Å². The molecule has 0 aliphatic heterocycles. The van der Waals surface area contributed by atoms with E-state index in [4.69, 9.17) is 21.4 Å². The van der Waals surface area contributed by atoms with Gasteiger partial charge >= 0.3 is 0 Å². The fourth-order valence-corrected chi connectivity index (χ4v) is 3.92. The van der Waals surface area contributed by atoms with Gasteiger partial charge in [0.2, 0.25) is 0 Å². The van der Waals surface area contributed by atoms with Gasteiger partial charge in [-0.1, -0.05) is 35.9 Å². The molecule has 0 spiro atoms. The van der Waals surface area contributed by atoms with Crippen molar-refractivity contribution in [1.29, 1.82) is 0 Å². The first-order chi connectivity index (χ1) is 12.6. The highest BCUT2D eigenvalue weighted by atomic mass is 35.5. The van der Waals surface area contributed by atoms with Crippen LogP contribution in [0.1, 0.15) is 41.7 Å². The van der Waals surface area contributed by atoms with E-state index in [1.165, 1.54) is 5.56 Å². The molecule has 2 unspecified atom stereocenters. The fourth-order valence-electron chi connectivity index (χ4n) is 2.90. The quantitative estimate of drug-likeness (QED) is 0.603. The van der Waals surface area contributed by atoms with Crippen LogP contribution in [0.5, 0.6) is 5.75 Å². The van der Waals surface area contributed by atoms with Crippen LogP contribution in [0.4, 0.5) is 0 Å². The summed E-state index contributed by atoms with van der Waals surface area (Å²) in [5.41, 5.74) is 3.40. The predicted molar refractivity (Wildman–Crippen MR) is 110 cm³/mol. The molecule has 2 rings (SSSR count). The minimum absolute atomic E-state index is 0.00583. The zero-order chi connectivity index (χ0) is 18.9. The third-order valence-corrected chi connectivity index (χ3v) is 5.71. The molecule has 0 bridgehead atoms. The second-order valence-corrected chi connectivity index (χ2v) is 7.68. The van der Waals surface area contributed by atoms with E-state index in [9.17, 15) is 5.11 Å². The van der Waals surface area contributed by atoms with Crippen molar-refractivity contribution in [2.24, 2.45) is 0 Å². The van der Waals surface area contributed by atoms with Gasteiger partial charge in [-0.2, -0.15) is 11.8 Å². The Bertz CT molecular complexity index is 675. The average molecular weight is 395 g/mol. The summed E-state index contributed by atoms with van der Waals surface area (Å²) in [6, 6.07) is 14.2. The largest absolute Gasteiger partial charge is 0.494 e. The normalized spacial score (nSPS) is 13.4. The lowest BCUT2D eigenvalue weighted by Gasteiger charge is -2.20. The summed E-state index contributed by atoms with van der Waals surface area (Å²) in [7, 11) is 0. The molecule has 3 nitrogen and oxygen atoms in total. The molecule has 0 aromatic heterocycles. The van der Waals surface area contributed by atoms with Crippen molar-refractivity contribution in [3.05, 3.63) is 64.2 Å². The number of hydrogen-bond acceptors (Lipinski definition) is 4. The summed E-state index contributed by atoms with van der Waals surface area (Å²) in [5, 5.41) is 19.9. The van der Waals surface area contributed by atoms with Crippen molar-refractivity contribution < 1.29 is 14.9 Å². The summed E-state index contributed by atoms with van der Waals surface area (Å²) in [5.74, 6) is 0.872. The van der Waals surface area contributed by atoms with Gasteiger partial charge in [0.15, 0.2) is 0 Å². The van der Waals surface area contributed by atoms with E-state index in [-0.39, 0.29) is 11.9 Å². The Balaban J connectivity index is 2.14. The minimum atomic E-state index is -0.498. The summed E-state index contributed by atoms with van der Waals surface area (Å²) in [4.78, 5) is 0. The van der Waals surface area contributed by atoms with E-state index in [1.54, 1.807) is 11.8 Å². The third kappa shape index (κ3) is 6.20. The smallest absolute Gasteiger partial charge is 0.119 e. The van der Waals surface area contributed by atoms with Gasteiger partial charge in [0.1, 0.15) is 5.75 Å². The second kappa shape index (κ2) is 10.8. The molecule has 0 saturated carbocycles. The number of hydrogen-bond donors (Lipinski definition) is 2. The molecule has 0 amide bonds. The van der Waals surface area contributed by atoms with Crippen LogP contribution in [0.15, 0.2) is 42.5 Å². The minimum Gasteiger partial charge on any atom is -0.494 e. The van der Waals surface area contributed by atoms with Gasteiger partial charge in [-0.3, -0.25) is 0 Å². The number of benzene rings is 2. The molecular weight excluding hydrogens is 368 g/mol. The van der Waals surface area contributed by atoms with Crippen LogP contribution in [0.2, 0.25) is 5.02 Å². The molecule has 2 aromatic rings. The molecule has 2 atom stereocenters. The molecule has 0 saturated heterocycles. The van der Waals surface area contributed by atoms with Crippen LogP contribution in [0, 0.1) is 0 Å². The van der Waals surface area contributed by atoms with Gasteiger partial charge in [0.05, 0.1) is 12.7 Å². The highest BCUT2D eigenvalue weighted by Crippen LogP contribution is 2.34. The standard InChI is InChI=1S/C21H27ClO3S/c1-3-25-19-7-4-15(5-8-19)12-17-13-16(6-9-20(17)22)21(26-2)14-18(24)10-11-23/h4-9,13,18,21,23-24H,3,10-12,14H2,1-2H3. The van der Waals surface area contributed by atoms with E-state index in [0.717, 1.165) is 28.3 Å². The van der Waals surface area contributed by atoms with E-state index < -0.39 is 6.10 Å². The van der Waals surface area contributed by atoms with Crippen LogP contribution in [0.25, 0.3) is 0 Å². The van der Waals surface area contributed by atoms with Gasteiger partial charge in [-0.25, -0.2) is 0 Å². The Hall–Kier alpha value is -1.20. The van der Waals surface area contributed by atoms with Crippen molar-refractivity contribution in [1.82, 2.24) is 0 Å². The Morgan fingerprint density at radius 1 is 1.15 bits per heavy atom. The zero-order valence-corrected chi connectivity index (χ0v) is 16.9. The van der Waals surface area contributed by atoms with Gasteiger partial charge in [-0.05, 0) is 67.3 Å². The first-order valence-electron chi connectivity index (χ1n) is 8.89. The van der Waals surface area contributed by atoms with Crippen LogP contribution in [-0.2, 0) is 6.42 Å². The third-order valence-electron chi connectivity index (χ3n) is 4.30. The molecular formula is C21H27ClO3S. The SMILES string of the molecule is CCOc1ccc(Cc2cc(C(CC(O)CCO)SC)ccc2Cl)cc1. The molecule has 0 fully saturated rings. The van der Waals surface area contributed by atoms with E-state index in [1.807, 2.05) is 37.4 Å². The molecule has 0 aliphatic rings.